The molecule has 0 unspecified atom stereocenters. The standard InChI is InChI=1S/C19H20ClF3O2/c1-18(2,3)7-6-13-16(24)8-11(9-17(13)25)14-10-12(19(21,22)23)4-5-15(14)20/h4-6,10-11H,7-9H2,1-3H3. The van der Waals surface area contributed by atoms with Crippen molar-refractivity contribution >= 4 is 23.2 Å². The summed E-state index contributed by atoms with van der Waals surface area (Å²) < 4.78 is 38.7. The van der Waals surface area contributed by atoms with E-state index in [9.17, 15) is 22.8 Å². The van der Waals surface area contributed by atoms with Gasteiger partial charge in [-0.05, 0) is 41.5 Å². The maximum atomic E-state index is 12.9. The molecule has 2 nitrogen and oxygen atoms in total. The molecule has 1 aromatic carbocycles. The third kappa shape index (κ3) is 4.94. The first-order chi connectivity index (χ1) is 11.4. The van der Waals surface area contributed by atoms with Gasteiger partial charge < -0.3 is 0 Å². The summed E-state index contributed by atoms with van der Waals surface area (Å²) in [5, 5.41) is 0.140. The van der Waals surface area contributed by atoms with Crippen molar-refractivity contribution in [2.24, 2.45) is 5.41 Å². The topological polar surface area (TPSA) is 34.1 Å². The molecule has 0 aromatic heterocycles. The number of benzene rings is 1. The molecule has 1 aromatic rings. The van der Waals surface area contributed by atoms with Gasteiger partial charge in [-0.1, -0.05) is 38.4 Å². The lowest BCUT2D eigenvalue weighted by Gasteiger charge is -2.25. The van der Waals surface area contributed by atoms with Crippen molar-refractivity contribution in [1.82, 2.24) is 0 Å². The highest BCUT2D eigenvalue weighted by atomic mass is 35.5. The zero-order chi connectivity index (χ0) is 19.0. The van der Waals surface area contributed by atoms with E-state index in [2.05, 4.69) is 0 Å². The van der Waals surface area contributed by atoms with Gasteiger partial charge in [0.15, 0.2) is 11.6 Å². The fourth-order valence-electron chi connectivity index (χ4n) is 2.78. The van der Waals surface area contributed by atoms with Crippen LogP contribution in [0.4, 0.5) is 13.2 Å². The summed E-state index contributed by atoms with van der Waals surface area (Å²) in [5.74, 6) is -1.29. The minimum Gasteiger partial charge on any atom is -0.294 e. The van der Waals surface area contributed by atoms with E-state index < -0.39 is 17.7 Å². The highest BCUT2D eigenvalue weighted by molar-refractivity contribution is 6.31. The molecule has 0 radical (unpaired) electrons. The highest BCUT2D eigenvalue weighted by Gasteiger charge is 2.35. The number of allylic oxidation sites excluding steroid dienone is 2. The third-order valence-electron chi connectivity index (χ3n) is 4.15. The normalized spacial score (nSPS) is 19.3. The van der Waals surface area contributed by atoms with Crippen LogP contribution in [-0.2, 0) is 15.8 Å². The third-order valence-corrected chi connectivity index (χ3v) is 4.49. The number of ketones is 2. The minimum atomic E-state index is -4.50. The van der Waals surface area contributed by atoms with Crippen molar-refractivity contribution in [2.45, 2.75) is 52.1 Å². The maximum Gasteiger partial charge on any atom is 0.416 e. The van der Waals surface area contributed by atoms with Crippen molar-refractivity contribution in [1.29, 1.82) is 0 Å². The molecule has 0 atom stereocenters. The van der Waals surface area contributed by atoms with Gasteiger partial charge in [0.25, 0.3) is 0 Å². The quantitative estimate of drug-likeness (QED) is 0.490. The summed E-state index contributed by atoms with van der Waals surface area (Å²) in [6.07, 6.45) is -2.30. The van der Waals surface area contributed by atoms with Gasteiger partial charge in [-0.25, -0.2) is 0 Å². The summed E-state index contributed by atoms with van der Waals surface area (Å²) in [4.78, 5) is 24.7. The van der Waals surface area contributed by atoms with Gasteiger partial charge in [0.05, 0.1) is 11.1 Å². The Balaban J connectivity index is 2.28. The second-order valence-electron chi connectivity index (χ2n) is 7.57. The number of rotatable bonds is 2. The minimum absolute atomic E-state index is 0.0112. The average molecular weight is 373 g/mol. The van der Waals surface area contributed by atoms with Crippen LogP contribution in [0.1, 0.15) is 57.1 Å². The number of carbonyl (C=O) groups is 2. The molecular weight excluding hydrogens is 353 g/mol. The predicted molar refractivity (Wildman–Crippen MR) is 90.6 cm³/mol. The number of Topliss-reactive ketones (excluding diaryl/α,β-unsaturated/α-hetero) is 2. The van der Waals surface area contributed by atoms with Crippen LogP contribution in [0.2, 0.25) is 5.02 Å². The molecule has 6 heteroatoms. The molecule has 0 spiro atoms. The number of carbonyl (C=O) groups excluding carboxylic acids is 2. The van der Waals surface area contributed by atoms with Crippen molar-refractivity contribution in [3.8, 4) is 0 Å². The zero-order valence-corrected chi connectivity index (χ0v) is 15.1. The van der Waals surface area contributed by atoms with Gasteiger partial charge in [-0.2, -0.15) is 13.2 Å². The second kappa shape index (κ2) is 6.94. The zero-order valence-electron chi connectivity index (χ0n) is 14.3. The Morgan fingerprint density at radius 3 is 2.16 bits per heavy atom. The van der Waals surface area contributed by atoms with Gasteiger partial charge in [0, 0.05) is 17.9 Å². The lowest BCUT2D eigenvalue weighted by atomic mass is 9.78. The number of hydrogen-bond acceptors (Lipinski definition) is 2. The molecule has 0 N–H and O–H groups in total. The first-order valence-electron chi connectivity index (χ1n) is 8.01. The van der Waals surface area contributed by atoms with Crippen LogP contribution in [0.25, 0.3) is 0 Å². The van der Waals surface area contributed by atoms with E-state index in [1.165, 1.54) is 6.07 Å². The van der Waals surface area contributed by atoms with Crippen LogP contribution in [-0.4, -0.2) is 11.6 Å². The Bertz CT molecular complexity index is 707. The van der Waals surface area contributed by atoms with Crippen LogP contribution in [0.5, 0.6) is 0 Å². The predicted octanol–water partition coefficient (Wildman–Crippen LogP) is 5.74. The molecule has 2 rings (SSSR count). The van der Waals surface area contributed by atoms with Crippen molar-refractivity contribution < 1.29 is 22.8 Å². The van der Waals surface area contributed by atoms with Gasteiger partial charge in [0.1, 0.15) is 0 Å². The number of halogens is 4. The Hall–Kier alpha value is -1.62. The Labute approximate surface area is 150 Å². The van der Waals surface area contributed by atoms with Gasteiger partial charge in [-0.3, -0.25) is 9.59 Å². The van der Waals surface area contributed by atoms with Crippen LogP contribution in [0.3, 0.4) is 0 Å². The first kappa shape index (κ1) is 19.7. The maximum absolute atomic E-state index is 12.9. The summed E-state index contributed by atoms with van der Waals surface area (Å²) in [7, 11) is 0. The molecule has 25 heavy (non-hydrogen) atoms. The Kier molecular flexibility index (Phi) is 5.47. The summed E-state index contributed by atoms with van der Waals surface area (Å²) in [6, 6.07) is 3.00. The molecule has 0 heterocycles. The molecule has 0 bridgehead atoms. The fourth-order valence-corrected chi connectivity index (χ4v) is 3.06. The molecule has 0 aliphatic heterocycles. The van der Waals surface area contributed by atoms with Gasteiger partial charge >= 0.3 is 6.18 Å². The largest absolute Gasteiger partial charge is 0.416 e. The van der Waals surface area contributed by atoms with E-state index in [4.69, 9.17) is 11.6 Å². The van der Waals surface area contributed by atoms with E-state index in [0.717, 1.165) is 12.1 Å². The van der Waals surface area contributed by atoms with E-state index in [1.807, 2.05) is 20.8 Å². The van der Waals surface area contributed by atoms with Crippen LogP contribution < -0.4 is 0 Å². The van der Waals surface area contributed by atoms with Crippen LogP contribution in [0, 0.1) is 5.41 Å². The molecule has 1 saturated carbocycles. The van der Waals surface area contributed by atoms with Gasteiger partial charge in [-0.15, -0.1) is 0 Å². The summed E-state index contributed by atoms with van der Waals surface area (Å²) >= 11 is 6.03. The molecule has 0 amide bonds. The Morgan fingerprint density at radius 1 is 1.12 bits per heavy atom. The van der Waals surface area contributed by atoms with Crippen LogP contribution >= 0.6 is 11.6 Å². The molecule has 136 valence electrons. The number of alkyl halides is 3. The van der Waals surface area contributed by atoms with E-state index in [1.54, 1.807) is 6.08 Å². The van der Waals surface area contributed by atoms with E-state index in [0.29, 0.717) is 6.42 Å². The van der Waals surface area contributed by atoms with E-state index in [-0.39, 0.29) is 46.0 Å². The van der Waals surface area contributed by atoms with Crippen molar-refractivity contribution in [3.05, 3.63) is 46.0 Å². The van der Waals surface area contributed by atoms with Crippen molar-refractivity contribution in [3.63, 3.8) is 0 Å². The Morgan fingerprint density at radius 2 is 1.68 bits per heavy atom. The average Bonchev–Trinajstić information content (AvgIpc) is 2.44. The van der Waals surface area contributed by atoms with Crippen LogP contribution in [0.15, 0.2) is 29.8 Å². The molecule has 1 fully saturated rings. The first-order valence-corrected chi connectivity index (χ1v) is 8.39. The lowest BCUT2D eigenvalue weighted by molar-refractivity contribution is -0.137. The monoisotopic (exact) mass is 372 g/mol. The summed E-state index contributed by atoms with van der Waals surface area (Å²) in [6.45, 7) is 5.98. The number of hydrogen-bond donors (Lipinski definition) is 0. The molecular formula is C19H20ClF3O2. The molecule has 1 aliphatic carbocycles. The summed E-state index contributed by atoms with van der Waals surface area (Å²) in [5.41, 5.74) is -0.530. The van der Waals surface area contributed by atoms with Crippen molar-refractivity contribution in [2.75, 3.05) is 0 Å². The highest BCUT2D eigenvalue weighted by Crippen LogP contribution is 2.39. The van der Waals surface area contributed by atoms with Gasteiger partial charge in [0.2, 0.25) is 0 Å². The SMILES string of the molecule is CC(C)(C)CC=C1C(=O)CC(c2cc(C(F)(F)F)ccc2Cl)CC1=O. The molecule has 1 aliphatic rings. The smallest absolute Gasteiger partial charge is 0.294 e. The lowest BCUT2D eigenvalue weighted by Crippen LogP contribution is -2.25. The second-order valence-corrected chi connectivity index (χ2v) is 7.98. The fraction of sp³-hybridized carbons (Fsp3) is 0.474. The molecule has 0 saturated heterocycles. The van der Waals surface area contributed by atoms with E-state index >= 15 is 0 Å².